The number of anilines is 1. The van der Waals surface area contributed by atoms with E-state index in [9.17, 15) is 14.5 Å². The molecule has 1 saturated heterocycles. The first-order valence-electron chi connectivity index (χ1n) is 5.38. The van der Waals surface area contributed by atoms with Crippen molar-refractivity contribution in [3.05, 3.63) is 34.1 Å². The Morgan fingerprint density at radius 3 is 3.00 bits per heavy atom. The molecule has 0 amide bonds. The third-order valence-electron chi connectivity index (χ3n) is 2.83. The Kier molecular flexibility index (Phi) is 3.51. The summed E-state index contributed by atoms with van der Waals surface area (Å²) in [5.74, 6) is 1.06. The van der Waals surface area contributed by atoms with Crippen LogP contribution in [0.15, 0.2) is 18.2 Å². The highest BCUT2D eigenvalue weighted by Gasteiger charge is 2.28. The molecule has 0 N–H and O–H groups in total. The lowest BCUT2D eigenvalue weighted by atomic mass is 10.2. The molecule has 0 spiro atoms. The van der Waals surface area contributed by atoms with E-state index in [0.29, 0.717) is 5.69 Å². The largest absolute Gasteiger partial charge is 0.362 e. The van der Waals surface area contributed by atoms with E-state index >= 15 is 0 Å². The Labute approximate surface area is 103 Å². The van der Waals surface area contributed by atoms with Crippen LogP contribution in [0.5, 0.6) is 0 Å². The van der Waals surface area contributed by atoms with Crippen LogP contribution in [0.1, 0.15) is 6.92 Å². The molecule has 0 saturated carbocycles. The highest BCUT2D eigenvalue weighted by Crippen LogP contribution is 2.33. The summed E-state index contributed by atoms with van der Waals surface area (Å²) < 4.78 is 13.5. The van der Waals surface area contributed by atoms with Crippen molar-refractivity contribution in [3.8, 4) is 0 Å². The monoisotopic (exact) mass is 256 g/mol. The van der Waals surface area contributed by atoms with E-state index in [1.54, 1.807) is 6.07 Å². The van der Waals surface area contributed by atoms with Crippen LogP contribution in [0.2, 0.25) is 0 Å². The van der Waals surface area contributed by atoms with Gasteiger partial charge in [0.2, 0.25) is 5.82 Å². The highest BCUT2D eigenvalue weighted by atomic mass is 32.2. The Morgan fingerprint density at radius 2 is 2.35 bits per heavy atom. The van der Waals surface area contributed by atoms with Gasteiger partial charge in [-0.25, -0.2) is 0 Å². The van der Waals surface area contributed by atoms with Crippen LogP contribution in [-0.4, -0.2) is 29.0 Å². The lowest BCUT2D eigenvalue weighted by Gasteiger charge is -2.34. The minimum atomic E-state index is -0.766. The summed E-state index contributed by atoms with van der Waals surface area (Å²) in [5.41, 5.74) is -0.0194. The zero-order valence-corrected chi connectivity index (χ0v) is 10.2. The van der Waals surface area contributed by atoms with Crippen molar-refractivity contribution in [1.29, 1.82) is 0 Å². The number of nitro groups is 1. The van der Waals surface area contributed by atoms with Crippen molar-refractivity contribution >= 4 is 23.1 Å². The first kappa shape index (κ1) is 12.2. The summed E-state index contributed by atoms with van der Waals surface area (Å²) >= 11 is 1.81. The van der Waals surface area contributed by atoms with Gasteiger partial charge in [-0.05, 0) is 19.1 Å². The fourth-order valence-corrected chi connectivity index (χ4v) is 3.02. The highest BCUT2D eigenvalue weighted by molar-refractivity contribution is 7.99. The average molecular weight is 256 g/mol. The minimum Gasteiger partial charge on any atom is -0.362 e. The second-order valence-corrected chi connectivity index (χ2v) is 5.13. The molecule has 1 aromatic rings. The summed E-state index contributed by atoms with van der Waals surface area (Å²) in [4.78, 5) is 12.2. The van der Waals surface area contributed by atoms with Crippen molar-refractivity contribution in [2.45, 2.75) is 13.0 Å². The third-order valence-corrected chi connectivity index (χ3v) is 4.01. The Hall–Kier alpha value is -1.30. The molecular weight excluding hydrogens is 243 g/mol. The molecule has 92 valence electrons. The van der Waals surface area contributed by atoms with E-state index in [4.69, 9.17) is 0 Å². The number of thioether (sulfide) groups is 1. The van der Waals surface area contributed by atoms with Gasteiger partial charge in [0.1, 0.15) is 5.69 Å². The molecule has 0 radical (unpaired) electrons. The number of nitro benzene ring substituents is 1. The van der Waals surface area contributed by atoms with Gasteiger partial charge < -0.3 is 4.90 Å². The van der Waals surface area contributed by atoms with Crippen molar-refractivity contribution in [2.24, 2.45) is 0 Å². The fraction of sp³-hybridized carbons (Fsp3) is 0.455. The Bertz CT molecular complexity index is 441. The van der Waals surface area contributed by atoms with Crippen molar-refractivity contribution in [2.75, 3.05) is 23.0 Å². The summed E-state index contributed by atoms with van der Waals surface area (Å²) in [7, 11) is 0. The molecular formula is C11H13FN2O2S. The SMILES string of the molecule is C[C@H]1CSCCN1c1cccc(F)c1[N+](=O)[O-]. The van der Waals surface area contributed by atoms with Gasteiger partial charge >= 0.3 is 5.69 Å². The number of rotatable bonds is 2. The first-order chi connectivity index (χ1) is 8.11. The second kappa shape index (κ2) is 4.91. The van der Waals surface area contributed by atoms with E-state index in [1.807, 2.05) is 23.6 Å². The van der Waals surface area contributed by atoms with Gasteiger partial charge in [0, 0.05) is 24.1 Å². The molecule has 2 rings (SSSR count). The number of benzene rings is 1. The maximum absolute atomic E-state index is 13.5. The van der Waals surface area contributed by atoms with Crippen LogP contribution in [0.3, 0.4) is 0 Å². The number of para-hydroxylation sites is 1. The minimum absolute atomic E-state index is 0.189. The van der Waals surface area contributed by atoms with E-state index in [2.05, 4.69) is 0 Å². The molecule has 1 aliphatic rings. The molecule has 0 unspecified atom stereocenters. The second-order valence-electron chi connectivity index (χ2n) is 3.98. The van der Waals surface area contributed by atoms with Crippen molar-refractivity contribution < 1.29 is 9.31 Å². The smallest absolute Gasteiger partial charge is 0.327 e. The van der Waals surface area contributed by atoms with E-state index < -0.39 is 16.4 Å². The lowest BCUT2D eigenvalue weighted by Crippen LogP contribution is -2.40. The van der Waals surface area contributed by atoms with Gasteiger partial charge in [0.25, 0.3) is 0 Å². The Morgan fingerprint density at radius 1 is 1.59 bits per heavy atom. The quantitative estimate of drug-likeness (QED) is 0.603. The molecule has 4 nitrogen and oxygen atoms in total. The number of hydrogen-bond donors (Lipinski definition) is 0. The molecule has 1 atom stereocenters. The molecule has 1 aromatic carbocycles. The molecule has 1 aliphatic heterocycles. The first-order valence-corrected chi connectivity index (χ1v) is 6.54. The molecule has 0 bridgehead atoms. The number of nitrogens with zero attached hydrogens (tertiary/aromatic N) is 2. The van der Waals surface area contributed by atoms with Gasteiger partial charge in [-0.2, -0.15) is 16.2 Å². The van der Waals surface area contributed by atoms with Crippen LogP contribution in [0, 0.1) is 15.9 Å². The summed E-state index contributed by atoms with van der Waals surface area (Å²) in [6.07, 6.45) is 0. The summed E-state index contributed by atoms with van der Waals surface area (Å²) in [6, 6.07) is 4.46. The van der Waals surface area contributed by atoms with Crippen LogP contribution >= 0.6 is 11.8 Å². The molecule has 6 heteroatoms. The summed E-state index contributed by atoms with van der Waals surface area (Å²) in [6.45, 7) is 2.72. The van der Waals surface area contributed by atoms with Gasteiger partial charge in [-0.15, -0.1) is 0 Å². The van der Waals surface area contributed by atoms with Crippen molar-refractivity contribution in [1.82, 2.24) is 0 Å². The molecule has 0 aliphatic carbocycles. The third kappa shape index (κ3) is 2.36. The van der Waals surface area contributed by atoms with Crippen LogP contribution in [0.25, 0.3) is 0 Å². The van der Waals surface area contributed by atoms with Gasteiger partial charge in [-0.3, -0.25) is 10.1 Å². The molecule has 0 aromatic heterocycles. The lowest BCUT2D eigenvalue weighted by molar-refractivity contribution is -0.386. The van der Waals surface area contributed by atoms with E-state index in [0.717, 1.165) is 24.1 Å². The molecule has 1 fully saturated rings. The average Bonchev–Trinajstić information content (AvgIpc) is 2.28. The van der Waals surface area contributed by atoms with Gasteiger partial charge in [0.15, 0.2) is 0 Å². The number of hydrogen-bond acceptors (Lipinski definition) is 4. The maximum Gasteiger partial charge on any atom is 0.327 e. The van der Waals surface area contributed by atoms with Crippen LogP contribution in [-0.2, 0) is 0 Å². The van der Waals surface area contributed by atoms with Gasteiger partial charge in [0.05, 0.1) is 4.92 Å². The predicted octanol–water partition coefficient (Wildman–Crippen LogP) is 2.68. The molecule has 1 heterocycles. The van der Waals surface area contributed by atoms with Crippen LogP contribution < -0.4 is 4.90 Å². The predicted molar refractivity (Wildman–Crippen MR) is 67.2 cm³/mol. The maximum atomic E-state index is 13.5. The Balaban J connectivity index is 2.43. The fourth-order valence-electron chi connectivity index (χ4n) is 2.00. The van der Waals surface area contributed by atoms with E-state index in [-0.39, 0.29) is 6.04 Å². The number of halogens is 1. The standard InChI is InChI=1S/C11H13FN2O2S/c1-8-7-17-6-5-13(8)10-4-2-3-9(12)11(10)14(15)16/h2-4,8H,5-7H2,1H3/t8-/m0/s1. The topological polar surface area (TPSA) is 46.4 Å². The molecule has 17 heavy (non-hydrogen) atoms. The van der Waals surface area contributed by atoms with E-state index in [1.165, 1.54) is 6.07 Å². The van der Waals surface area contributed by atoms with Gasteiger partial charge in [-0.1, -0.05) is 6.07 Å². The van der Waals surface area contributed by atoms with Crippen molar-refractivity contribution in [3.63, 3.8) is 0 Å². The summed E-state index contributed by atoms with van der Waals surface area (Å²) in [5, 5.41) is 10.9. The normalized spacial score (nSPS) is 20.4. The zero-order chi connectivity index (χ0) is 12.4. The zero-order valence-electron chi connectivity index (χ0n) is 9.43. The van der Waals surface area contributed by atoms with Crippen LogP contribution in [0.4, 0.5) is 15.8 Å².